The van der Waals surface area contributed by atoms with Gasteiger partial charge in [0.15, 0.2) is 0 Å². The highest BCUT2D eigenvalue weighted by Gasteiger charge is 2.47. The van der Waals surface area contributed by atoms with Crippen molar-refractivity contribution in [3.05, 3.63) is 24.0 Å². The molecule has 1 saturated carbocycles. The summed E-state index contributed by atoms with van der Waals surface area (Å²) in [5.41, 5.74) is 6.43. The van der Waals surface area contributed by atoms with Crippen LogP contribution in [0.1, 0.15) is 25.0 Å². The highest BCUT2D eigenvalue weighted by atomic mass is 16.5. The molecule has 1 aromatic heterocycles. The van der Waals surface area contributed by atoms with Crippen molar-refractivity contribution in [3.8, 4) is 0 Å². The average molecular weight is 206 g/mol. The van der Waals surface area contributed by atoms with Crippen molar-refractivity contribution in [2.45, 2.75) is 24.7 Å². The molecule has 15 heavy (non-hydrogen) atoms. The predicted octanol–water partition coefficient (Wildman–Crippen LogP) is 1.26. The number of esters is 1. The van der Waals surface area contributed by atoms with Crippen LogP contribution in [0.25, 0.3) is 0 Å². The summed E-state index contributed by atoms with van der Waals surface area (Å²) in [6.45, 7) is 0. The number of ether oxygens (including phenoxy) is 1. The van der Waals surface area contributed by atoms with Gasteiger partial charge in [-0.25, -0.2) is 0 Å². The van der Waals surface area contributed by atoms with Crippen molar-refractivity contribution >= 4 is 11.7 Å². The van der Waals surface area contributed by atoms with E-state index in [0.717, 1.165) is 25.0 Å². The maximum Gasteiger partial charge on any atom is 0.317 e. The second-order valence-electron chi connectivity index (χ2n) is 3.90. The maximum atomic E-state index is 11.7. The number of anilines is 1. The molecule has 0 unspecified atom stereocenters. The summed E-state index contributed by atoms with van der Waals surface area (Å²) in [6, 6.07) is 3.58. The lowest BCUT2D eigenvalue weighted by Gasteiger charge is -2.38. The number of hydrogen-bond acceptors (Lipinski definition) is 4. The fourth-order valence-corrected chi connectivity index (χ4v) is 1.98. The van der Waals surface area contributed by atoms with Crippen molar-refractivity contribution in [1.29, 1.82) is 0 Å². The molecule has 2 rings (SSSR count). The van der Waals surface area contributed by atoms with E-state index in [-0.39, 0.29) is 5.97 Å². The highest BCUT2D eigenvalue weighted by Crippen LogP contribution is 2.43. The Morgan fingerprint density at radius 3 is 2.67 bits per heavy atom. The average Bonchev–Trinajstić information content (AvgIpc) is 2.19. The van der Waals surface area contributed by atoms with E-state index in [4.69, 9.17) is 10.5 Å². The number of pyridine rings is 1. The molecule has 1 aliphatic carbocycles. The Balaban J connectivity index is 2.34. The summed E-state index contributed by atoms with van der Waals surface area (Å²) in [5.74, 6) is -0.189. The molecule has 0 aromatic carbocycles. The molecule has 1 aromatic rings. The Labute approximate surface area is 88.4 Å². The Bertz CT molecular complexity index is 369. The molecule has 0 spiro atoms. The molecule has 0 saturated heterocycles. The van der Waals surface area contributed by atoms with E-state index in [1.165, 1.54) is 7.11 Å². The van der Waals surface area contributed by atoms with Crippen molar-refractivity contribution in [1.82, 2.24) is 4.98 Å². The van der Waals surface area contributed by atoms with Crippen LogP contribution in [0.4, 0.5) is 5.69 Å². The molecule has 1 fully saturated rings. The summed E-state index contributed by atoms with van der Waals surface area (Å²) in [6.07, 6.45) is 4.26. The SMILES string of the molecule is COC(=O)C1(c2ccc(N)cn2)CCC1. The largest absolute Gasteiger partial charge is 0.468 e. The topological polar surface area (TPSA) is 65.2 Å². The molecule has 2 N–H and O–H groups in total. The van der Waals surface area contributed by atoms with Gasteiger partial charge < -0.3 is 10.5 Å². The van der Waals surface area contributed by atoms with Gasteiger partial charge in [0.25, 0.3) is 0 Å². The summed E-state index contributed by atoms with van der Waals surface area (Å²) in [5, 5.41) is 0. The normalized spacial score (nSPS) is 17.9. The third kappa shape index (κ3) is 1.46. The van der Waals surface area contributed by atoms with Crippen molar-refractivity contribution in [3.63, 3.8) is 0 Å². The molecule has 0 atom stereocenters. The Morgan fingerprint density at radius 2 is 2.27 bits per heavy atom. The lowest BCUT2D eigenvalue weighted by atomic mass is 9.66. The second-order valence-corrected chi connectivity index (χ2v) is 3.90. The number of nitrogen functional groups attached to an aromatic ring is 1. The minimum atomic E-state index is -0.511. The molecule has 1 aliphatic rings. The first-order valence-corrected chi connectivity index (χ1v) is 4.99. The van der Waals surface area contributed by atoms with Crippen molar-refractivity contribution in [2.24, 2.45) is 0 Å². The minimum Gasteiger partial charge on any atom is -0.468 e. The van der Waals surface area contributed by atoms with Gasteiger partial charge in [-0.05, 0) is 25.0 Å². The first-order chi connectivity index (χ1) is 7.19. The van der Waals surface area contributed by atoms with Gasteiger partial charge in [-0.15, -0.1) is 0 Å². The predicted molar refractivity (Wildman–Crippen MR) is 56.2 cm³/mol. The van der Waals surface area contributed by atoms with Crippen LogP contribution in [0.3, 0.4) is 0 Å². The first kappa shape index (κ1) is 9.96. The highest BCUT2D eigenvalue weighted by molar-refractivity contribution is 5.83. The van der Waals surface area contributed by atoms with Gasteiger partial charge in [0, 0.05) is 0 Å². The Hall–Kier alpha value is -1.58. The quantitative estimate of drug-likeness (QED) is 0.740. The van der Waals surface area contributed by atoms with Crippen molar-refractivity contribution < 1.29 is 9.53 Å². The molecule has 0 amide bonds. The van der Waals surface area contributed by atoms with Gasteiger partial charge in [0.2, 0.25) is 0 Å². The third-order valence-corrected chi connectivity index (χ3v) is 3.06. The standard InChI is InChI=1S/C11H14N2O2/c1-15-10(14)11(5-2-6-11)9-4-3-8(12)7-13-9/h3-4,7H,2,5-6,12H2,1H3. The number of hydrogen-bond donors (Lipinski definition) is 1. The molecule has 0 aliphatic heterocycles. The smallest absolute Gasteiger partial charge is 0.317 e. The lowest BCUT2D eigenvalue weighted by molar-refractivity contribution is -0.151. The zero-order valence-electron chi connectivity index (χ0n) is 8.69. The van der Waals surface area contributed by atoms with Crippen molar-refractivity contribution in [2.75, 3.05) is 12.8 Å². The Kier molecular flexibility index (Phi) is 2.34. The molecule has 80 valence electrons. The summed E-state index contributed by atoms with van der Waals surface area (Å²) >= 11 is 0. The molecule has 0 bridgehead atoms. The molecule has 0 radical (unpaired) electrons. The van der Waals surface area contributed by atoms with E-state index in [1.54, 1.807) is 12.3 Å². The van der Waals surface area contributed by atoms with Crippen LogP contribution in [0.15, 0.2) is 18.3 Å². The molecular formula is C11H14N2O2. The first-order valence-electron chi connectivity index (χ1n) is 4.99. The van der Waals surface area contributed by atoms with Crippen LogP contribution < -0.4 is 5.73 Å². The van der Waals surface area contributed by atoms with Crippen LogP contribution >= 0.6 is 0 Å². The van der Waals surface area contributed by atoms with Gasteiger partial charge >= 0.3 is 5.97 Å². The maximum absolute atomic E-state index is 11.7. The van der Waals surface area contributed by atoms with E-state index in [9.17, 15) is 4.79 Å². The van der Waals surface area contributed by atoms with E-state index >= 15 is 0 Å². The Morgan fingerprint density at radius 1 is 1.53 bits per heavy atom. The van der Waals surface area contributed by atoms with Gasteiger partial charge in [0.05, 0.1) is 24.7 Å². The molecule has 1 heterocycles. The summed E-state index contributed by atoms with van der Waals surface area (Å²) in [4.78, 5) is 15.9. The van der Waals surface area contributed by atoms with Crippen LogP contribution in [0.2, 0.25) is 0 Å². The van der Waals surface area contributed by atoms with E-state index in [0.29, 0.717) is 5.69 Å². The number of methoxy groups -OCH3 is 1. The van der Waals surface area contributed by atoms with Crippen LogP contribution in [-0.4, -0.2) is 18.1 Å². The third-order valence-electron chi connectivity index (χ3n) is 3.06. The minimum absolute atomic E-state index is 0.189. The van der Waals surface area contributed by atoms with E-state index in [2.05, 4.69) is 4.98 Å². The molecule has 4 nitrogen and oxygen atoms in total. The summed E-state index contributed by atoms with van der Waals surface area (Å²) in [7, 11) is 1.42. The van der Waals surface area contributed by atoms with Crippen LogP contribution in [-0.2, 0) is 14.9 Å². The number of nitrogens with zero attached hydrogens (tertiary/aromatic N) is 1. The second kappa shape index (κ2) is 3.53. The van der Waals surface area contributed by atoms with Gasteiger partial charge in [-0.1, -0.05) is 6.42 Å². The lowest BCUT2D eigenvalue weighted by Crippen LogP contribution is -2.43. The van der Waals surface area contributed by atoms with Gasteiger partial charge in [-0.2, -0.15) is 0 Å². The zero-order chi connectivity index (χ0) is 10.9. The fraction of sp³-hybridized carbons (Fsp3) is 0.455. The number of rotatable bonds is 2. The van der Waals surface area contributed by atoms with E-state index < -0.39 is 5.41 Å². The number of nitrogens with two attached hydrogens (primary N) is 1. The zero-order valence-corrected chi connectivity index (χ0v) is 8.69. The molecular weight excluding hydrogens is 192 g/mol. The molecule has 4 heteroatoms. The number of carbonyl (C=O) groups is 1. The van der Waals surface area contributed by atoms with Gasteiger partial charge in [-0.3, -0.25) is 9.78 Å². The van der Waals surface area contributed by atoms with Crippen LogP contribution in [0, 0.1) is 0 Å². The van der Waals surface area contributed by atoms with E-state index in [1.807, 2.05) is 6.07 Å². The summed E-state index contributed by atoms with van der Waals surface area (Å²) < 4.78 is 4.83. The monoisotopic (exact) mass is 206 g/mol. The number of aromatic nitrogens is 1. The fourth-order valence-electron chi connectivity index (χ4n) is 1.98. The number of carbonyl (C=O) groups excluding carboxylic acids is 1. The van der Waals surface area contributed by atoms with Gasteiger partial charge in [0.1, 0.15) is 5.41 Å². The van der Waals surface area contributed by atoms with Crippen LogP contribution in [0.5, 0.6) is 0 Å².